The van der Waals surface area contributed by atoms with Crippen LogP contribution in [0.5, 0.6) is 0 Å². The molecule has 0 saturated carbocycles. The Morgan fingerprint density at radius 2 is 1.88 bits per heavy atom. The van der Waals surface area contributed by atoms with Crippen LogP contribution in [-0.4, -0.2) is 43.6 Å². The molecule has 2 unspecified atom stereocenters. The summed E-state index contributed by atoms with van der Waals surface area (Å²) in [6, 6.07) is 0. The summed E-state index contributed by atoms with van der Waals surface area (Å²) in [5.41, 5.74) is -0.617. The van der Waals surface area contributed by atoms with E-state index >= 15 is 0 Å². The Morgan fingerprint density at radius 1 is 1.35 bits per heavy atom. The molecule has 0 aliphatic carbocycles. The Labute approximate surface area is 99.3 Å². The van der Waals surface area contributed by atoms with E-state index in [1.54, 1.807) is 6.92 Å². The molecule has 98 valence electrons. The van der Waals surface area contributed by atoms with E-state index in [0.29, 0.717) is 0 Å². The average Bonchev–Trinajstić information content (AvgIpc) is 2.22. The van der Waals surface area contributed by atoms with Crippen LogP contribution in [0.3, 0.4) is 0 Å². The lowest BCUT2D eigenvalue weighted by Crippen LogP contribution is -2.25. The number of carboxylic acids is 2. The number of rotatable bonds is 8. The fourth-order valence-electron chi connectivity index (χ4n) is 1.15. The van der Waals surface area contributed by atoms with E-state index in [-0.39, 0.29) is 24.3 Å². The molecule has 0 aromatic rings. The van der Waals surface area contributed by atoms with Crippen LogP contribution in [0.1, 0.15) is 19.8 Å². The highest BCUT2D eigenvalue weighted by Gasteiger charge is 2.22. The topological polar surface area (TPSA) is 139 Å². The Bertz CT molecular complexity index is 415. The predicted octanol–water partition coefficient (Wildman–Crippen LogP) is 0.638. The zero-order chi connectivity index (χ0) is 13.6. The van der Waals surface area contributed by atoms with Crippen LogP contribution >= 0.6 is 0 Å². The van der Waals surface area contributed by atoms with Crippen molar-refractivity contribution in [1.29, 1.82) is 10.2 Å². The summed E-state index contributed by atoms with van der Waals surface area (Å²) in [4.78, 5) is 21.0. The number of nitrogens with one attached hydrogen (secondary N) is 2. The van der Waals surface area contributed by atoms with Crippen molar-refractivity contribution in [3.05, 3.63) is 0 Å². The second-order valence-corrected chi connectivity index (χ2v) is 6.02. The van der Waals surface area contributed by atoms with Crippen molar-refractivity contribution < 1.29 is 24.0 Å². The number of carboxylic acid groups (broad SMARTS) is 2. The summed E-state index contributed by atoms with van der Waals surface area (Å²) in [7, 11) is -3.15. The van der Waals surface area contributed by atoms with Crippen LogP contribution in [0.4, 0.5) is 0 Å². The highest BCUT2D eigenvalue weighted by atomic mass is 32.2. The van der Waals surface area contributed by atoms with Gasteiger partial charge in [-0.15, -0.1) is 0 Å². The minimum atomic E-state index is -3.15. The number of hydrogen-bond acceptors (Lipinski definition) is 5. The van der Waals surface area contributed by atoms with Crippen molar-refractivity contribution in [2.45, 2.75) is 19.8 Å². The van der Waals surface area contributed by atoms with Gasteiger partial charge in [0.05, 0.1) is 5.92 Å². The molecule has 17 heavy (non-hydrogen) atoms. The molecule has 2 atom stereocenters. The molecular weight excluding hydrogens is 248 g/mol. The number of hydrogen-bond donors (Lipinski definition) is 4. The third kappa shape index (κ3) is 6.00. The Hall–Kier alpha value is -1.44. The van der Waals surface area contributed by atoms with Gasteiger partial charge in [0, 0.05) is 27.7 Å². The molecule has 0 spiro atoms. The van der Waals surface area contributed by atoms with Gasteiger partial charge in [-0.05, 0) is 6.42 Å². The smallest absolute Gasteiger partial charge is 0.349 e. The minimum Gasteiger partial charge on any atom is -0.481 e. The molecule has 0 rings (SSSR count). The zero-order valence-corrected chi connectivity index (χ0v) is 10.2. The first-order chi connectivity index (χ1) is 7.69. The highest BCUT2D eigenvalue weighted by molar-refractivity contribution is 7.92. The third-order valence-corrected chi connectivity index (χ3v) is 4.06. The Balaban J connectivity index is 4.45. The summed E-state index contributed by atoms with van der Waals surface area (Å²) in [5, 5.41) is 24.2. The third-order valence-electron chi connectivity index (χ3n) is 2.25. The quantitative estimate of drug-likeness (QED) is 0.476. The van der Waals surface area contributed by atoms with Crippen LogP contribution in [-0.2, 0) is 19.3 Å². The van der Waals surface area contributed by atoms with E-state index in [4.69, 9.17) is 20.4 Å². The van der Waals surface area contributed by atoms with Crippen molar-refractivity contribution in [1.82, 2.24) is 0 Å². The molecule has 0 amide bonds. The fourth-order valence-corrected chi connectivity index (χ4v) is 2.87. The lowest BCUT2D eigenvalue weighted by molar-refractivity contribution is -0.141. The normalized spacial score (nSPS) is 15.8. The predicted molar refractivity (Wildman–Crippen MR) is 62.0 cm³/mol. The molecule has 0 aromatic carbocycles. The summed E-state index contributed by atoms with van der Waals surface area (Å²) in [6.45, 7) is 1.62. The van der Waals surface area contributed by atoms with Gasteiger partial charge in [-0.2, -0.15) is 0 Å². The molecule has 8 heteroatoms. The maximum absolute atomic E-state index is 11.7. The molecule has 7 nitrogen and oxygen atoms in total. The van der Waals surface area contributed by atoms with E-state index in [2.05, 4.69) is 0 Å². The van der Waals surface area contributed by atoms with Gasteiger partial charge >= 0.3 is 11.9 Å². The van der Waals surface area contributed by atoms with E-state index in [9.17, 15) is 13.8 Å². The van der Waals surface area contributed by atoms with Crippen molar-refractivity contribution in [3.8, 4) is 0 Å². The maximum Gasteiger partial charge on any atom is 0.349 e. The SMILES string of the molecule is CCC(CS(=N)(=O)CCC(=N)C(=O)O)C(=O)O. The standard InChI is InChI=1S/C9H16N2O5S/c1-2-6(8(12)13)5-17(11,16)4-3-7(10)9(14)15/h6,10-11H,2-5H2,1H3,(H,12,13)(H,14,15). The summed E-state index contributed by atoms with van der Waals surface area (Å²) < 4.78 is 19.2. The summed E-state index contributed by atoms with van der Waals surface area (Å²) in [5.74, 6) is -3.97. The van der Waals surface area contributed by atoms with Crippen molar-refractivity contribution in [2.24, 2.45) is 5.92 Å². The second-order valence-electron chi connectivity index (χ2n) is 3.66. The van der Waals surface area contributed by atoms with Gasteiger partial charge in [-0.1, -0.05) is 6.92 Å². The van der Waals surface area contributed by atoms with Crippen LogP contribution in [0, 0.1) is 16.1 Å². The van der Waals surface area contributed by atoms with Gasteiger partial charge in [0.2, 0.25) is 0 Å². The summed E-state index contributed by atoms with van der Waals surface area (Å²) in [6.07, 6.45) is -0.0186. The lowest BCUT2D eigenvalue weighted by Gasteiger charge is -2.12. The van der Waals surface area contributed by atoms with Crippen LogP contribution < -0.4 is 0 Å². The van der Waals surface area contributed by atoms with Gasteiger partial charge in [0.25, 0.3) is 0 Å². The first kappa shape index (κ1) is 15.6. The maximum atomic E-state index is 11.7. The molecule has 0 aromatic heterocycles. The van der Waals surface area contributed by atoms with Gasteiger partial charge in [0.1, 0.15) is 5.71 Å². The van der Waals surface area contributed by atoms with Gasteiger partial charge in [-0.3, -0.25) is 15.0 Å². The molecule has 0 bridgehead atoms. The first-order valence-corrected chi connectivity index (χ1v) is 6.87. The van der Waals surface area contributed by atoms with Crippen molar-refractivity contribution in [2.75, 3.05) is 11.5 Å². The van der Waals surface area contributed by atoms with E-state index < -0.39 is 33.3 Å². The molecule has 0 heterocycles. The van der Waals surface area contributed by atoms with Gasteiger partial charge in [-0.25, -0.2) is 9.00 Å². The zero-order valence-electron chi connectivity index (χ0n) is 9.43. The molecule has 0 radical (unpaired) electrons. The fraction of sp³-hybridized carbons (Fsp3) is 0.667. The largest absolute Gasteiger partial charge is 0.481 e. The first-order valence-electron chi connectivity index (χ1n) is 4.97. The van der Waals surface area contributed by atoms with Crippen LogP contribution in [0.2, 0.25) is 0 Å². The van der Waals surface area contributed by atoms with Crippen LogP contribution in [0.15, 0.2) is 0 Å². The molecule has 0 fully saturated rings. The minimum absolute atomic E-state index is 0.265. The van der Waals surface area contributed by atoms with Crippen LogP contribution in [0.25, 0.3) is 0 Å². The van der Waals surface area contributed by atoms with E-state index in [0.717, 1.165) is 0 Å². The van der Waals surface area contributed by atoms with E-state index in [1.807, 2.05) is 0 Å². The number of carbonyl (C=O) groups is 2. The lowest BCUT2D eigenvalue weighted by atomic mass is 10.1. The Morgan fingerprint density at radius 3 is 2.24 bits per heavy atom. The Kier molecular flexibility index (Phi) is 5.80. The van der Waals surface area contributed by atoms with Gasteiger partial charge in [0.15, 0.2) is 0 Å². The molecule has 0 saturated heterocycles. The molecule has 0 aliphatic heterocycles. The summed E-state index contributed by atoms with van der Waals surface area (Å²) >= 11 is 0. The van der Waals surface area contributed by atoms with Crippen molar-refractivity contribution >= 4 is 27.4 Å². The second kappa shape index (κ2) is 6.33. The monoisotopic (exact) mass is 264 g/mol. The molecule has 0 aliphatic rings. The van der Waals surface area contributed by atoms with E-state index in [1.165, 1.54) is 0 Å². The number of aliphatic carboxylic acids is 2. The molecular formula is C9H16N2O5S. The van der Waals surface area contributed by atoms with Crippen molar-refractivity contribution in [3.63, 3.8) is 0 Å². The average molecular weight is 264 g/mol. The molecule has 4 N–H and O–H groups in total. The van der Waals surface area contributed by atoms with Gasteiger partial charge < -0.3 is 10.2 Å². The highest BCUT2D eigenvalue weighted by Crippen LogP contribution is 2.09.